The number of rotatable bonds is 7. The number of likely N-dealkylation sites (N-methyl/N-ethyl adjacent to an activating group) is 1. The van der Waals surface area contributed by atoms with Gasteiger partial charge in [0.1, 0.15) is 0 Å². The Morgan fingerprint density at radius 2 is 2.11 bits per heavy atom. The van der Waals surface area contributed by atoms with E-state index < -0.39 is 0 Å². The molecule has 0 amide bonds. The second-order valence-corrected chi connectivity index (χ2v) is 5.98. The van der Waals surface area contributed by atoms with Crippen LogP contribution in [0.3, 0.4) is 0 Å². The Bertz CT molecular complexity index is 366. The molecule has 2 unspecified atom stereocenters. The standard InChI is InChI=1S/C16H29N3/c1-4-13(3)16(17-5-2)12-14-10-11-19(18-14)15-8-6-7-9-15/h10-11,13,15-17H,4-9,12H2,1-3H3. The molecule has 3 heteroatoms. The first kappa shape index (κ1) is 14.6. The zero-order valence-electron chi connectivity index (χ0n) is 12.7. The lowest BCUT2D eigenvalue weighted by atomic mass is 9.95. The second kappa shape index (κ2) is 7.09. The zero-order chi connectivity index (χ0) is 13.7. The normalized spacial score (nSPS) is 19.7. The van der Waals surface area contributed by atoms with Crippen molar-refractivity contribution >= 4 is 0 Å². The first-order chi connectivity index (χ1) is 9.24. The molecule has 1 saturated carbocycles. The highest BCUT2D eigenvalue weighted by molar-refractivity contribution is 5.03. The minimum atomic E-state index is 0.557. The largest absolute Gasteiger partial charge is 0.314 e. The van der Waals surface area contributed by atoms with Gasteiger partial charge in [0, 0.05) is 18.7 Å². The van der Waals surface area contributed by atoms with Crippen LogP contribution < -0.4 is 5.32 Å². The fourth-order valence-corrected chi connectivity index (χ4v) is 3.10. The number of hydrogen-bond donors (Lipinski definition) is 1. The van der Waals surface area contributed by atoms with Crippen molar-refractivity contribution in [3.63, 3.8) is 0 Å². The second-order valence-electron chi connectivity index (χ2n) is 5.98. The molecule has 1 aromatic rings. The fourth-order valence-electron chi connectivity index (χ4n) is 3.10. The average Bonchev–Trinajstić information content (AvgIpc) is 3.07. The Morgan fingerprint density at radius 1 is 1.37 bits per heavy atom. The number of nitrogens with zero attached hydrogens (tertiary/aromatic N) is 2. The minimum Gasteiger partial charge on any atom is -0.314 e. The highest BCUT2D eigenvalue weighted by atomic mass is 15.3. The molecular weight excluding hydrogens is 234 g/mol. The molecule has 1 fully saturated rings. The summed E-state index contributed by atoms with van der Waals surface area (Å²) in [6.45, 7) is 7.83. The summed E-state index contributed by atoms with van der Waals surface area (Å²) in [5.74, 6) is 0.705. The van der Waals surface area contributed by atoms with Gasteiger partial charge in [-0.3, -0.25) is 4.68 Å². The third-order valence-electron chi connectivity index (χ3n) is 4.59. The van der Waals surface area contributed by atoms with Crippen molar-refractivity contribution in [1.29, 1.82) is 0 Å². The molecule has 1 aliphatic carbocycles. The molecule has 2 rings (SSSR count). The van der Waals surface area contributed by atoms with Crippen LogP contribution in [0.5, 0.6) is 0 Å². The van der Waals surface area contributed by atoms with Crippen molar-refractivity contribution in [3.8, 4) is 0 Å². The van der Waals surface area contributed by atoms with Gasteiger partial charge >= 0.3 is 0 Å². The van der Waals surface area contributed by atoms with Gasteiger partial charge in [0.15, 0.2) is 0 Å². The summed E-state index contributed by atoms with van der Waals surface area (Å²) in [5.41, 5.74) is 1.25. The molecular formula is C16H29N3. The van der Waals surface area contributed by atoms with Crippen molar-refractivity contribution < 1.29 is 0 Å². The maximum absolute atomic E-state index is 4.81. The lowest BCUT2D eigenvalue weighted by molar-refractivity contribution is 0.365. The lowest BCUT2D eigenvalue weighted by Crippen LogP contribution is -2.36. The van der Waals surface area contributed by atoms with E-state index in [2.05, 4.69) is 43.0 Å². The predicted octanol–water partition coefficient (Wildman–Crippen LogP) is 3.56. The molecule has 3 nitrogen and oxygen atoms in total. The van der Waals surface area contributed by atoms with Crippen LogP contribution in [0, 0.1) is 5.92 Å². The molecule has 108 valence electrons. The average molecular weight is 263 g/mol. The third kappa shape index (κ3) is 3.82. The van der Waals surface area contributed by atoms with Gasteiger partial charge in [0.2, 0.25) is 0 Å². The summed E-state index contributed by atoms with van der Waals surface area (Å²) in [4.78, 5) is 0. The molecule has 1 N–H and O–H groups in total. The van der Waals surface area contributed by atoms with Gasteiger partial charge in [-0.25, -0.2) is 0 Å². The van der Waals surface area contributed by atoms with E-state index in [1.807, 2.05) is 0 Å². The van der Waals surface area contributed by atoms with Crippen LogP contribution in [0.1, 0.15) is 64.6 Å². The number of aromatic nitrogens is 2. The SMILES string of the molecule is CCNC(Cc1ccn(C2CCCC2)n1)C(C)CC. The van der Waals surface area contributed by atoms with Gasteiger partial charge in [-0.05, 0) is 31.4 Å². The Hall–Kier alpha value is -0.830. The van der Waals surface area contributed by atoms with Crippen LogP contribution in [0.4, 0.5) is 0 Å². The van der Waals surface area contributed by atoms with Gasteiger partial charge < -0.3 is 5.32 Å². The molecule has 1 aliphatic rings. The van der Waals surface area contributed by atoms with Crippen molar-refractivity contribution in [2.45, 2.75) is 71.4 Å². The summed E-state index contributed by atoms with van der Waals surface area (Å²) in [7, 11) is 0. The smallest absolute Gasteiger partial charge is 0.0640 e. The maximum atomic E-state index is 4.81. The summed E-state index contributed by atoms with van der Waals surface area (Å²) >= 11 is 0. The van der Waals surface area contributed by atoms with Crippen LogP contribution in [0.15, 0.2) is 12.3 Å². The topological polar surface area (TPSA) is 29.9 Å². The first-order valence-corrected chi connectivity index (χ1v) is 8.02. The van der Waals surface area contributed by atoms with Crippen molar-refractivity contribution in [2.75, 3.05) is 6.54 Å². The summed E-state index contributed by atoms with van der Waals surface area (Å²) in [6, 6.07) is 3.43. The predicted molar refractivity (Wildman–Crippen MR) is 80.4 cm³/mol. The molecule has 1 aromatic heterocycles. The Morgan fingerprint density at radius 3 is 2.74 bits per heavy atom. The lowest BCUT2D eigenvalue weighted by Gasteiger charge is -2.23. The third-order valence-corrected chi connectivity index (χ3v) is 4.59. The Balaban J connectivity index is 1.96. The van der Waals surface area contributed by atoms with E-state index in [1.165, 1.54) is 37.8 Å². The van der Waals surface area contributed by atoms with Gasteiger partial charge in [-0.1, -0.05) is 40.0 Å². The Labute approximate surface area is 117 Å². The van der Waals surface area contributed by atoms with E-state index in [-0.39, 0.29) is 0 Å². The first-order valence-electron chi connectivity index (χ1n) is 8.02. The highest BCUT2D eigenvalue weighted by Gasteiger charge is 2.20. The number of hydrogen-bond acceptors (Lipinski definition) is 2. The summed E-state index contributed by atoms with van der Waals surface area (Å²) in [6.07, 6.45) is 9.82. The fraction of sp³-hybridized carbons (Fsp3) is 0.812. The van der Waals surface area contributed by atoms with Crippen molar-refractivity contribution in [1.82, 2.24) is 15.1 Å². The molecule has 0 spiro atoms. The molecule has 2 atom stereocenters. The summed E-state index contributed by atoms with van der Waals surface area (Å²) < 4.78 is 2.21. The van der Waals surface area contributed by atoms with Gasteiger partial charge in [0.25, 0.3) is 0 Å². The molecule has 19 heavy (non-hydrogen) atoms. The van der Waals surface area contributed by atoms with E-state index in [9.17, 15) is 0 Å². The molecule has 0 saturated heterocycles. The molecule has 0 radical (unpaired) electrons. The van der Waals surface area contributed by atoms with Crippen LogP contribution in [0.2, 0.25) is 0 Å². The maximum Gasteiger partial charge on any atom is 0.0640 e. The van der Waals surface area contributed by atoms with Crippen LogP contribution in [-0.4, -0.2) is 22.4 Å². The quantitative estimate of drug-likeness (QED) is 0.815. The van der Waals surface area contributed by atoms with E-state index >= 15 is 0 Å². The highest BCUT2D eigenvalue weighted by Crippen LogP contribution is 2.28. The van der Waals surface area contributed by atoms with Crippen LogP contribution in [-0.2, 0) is 6.42 Å². The van der Waals surface area contributed by atoms with E-state index in [0.717, 1.165) is 13.0 Å². The van der Waals surface area contributed by atoms with E-state index in [4.69, 9.17) is 5.10 Å². The molecule has 0 aliphatic heterocycles. The number of nitrogens with one attached hydrogen (secondary N) is 1. The van der Waals surface area contributed by atoms with E-state index in [0.29, 0.717) is 18.0 Å². The molecule has 1 heterocycles. The van der Waals surface area contributed by atoms with Gasteiger partial charge in [-0.2, -0.15) is 5.10 Å². The zero-order valence-corrected chi connectivity index (χ0v) is 12.7. The van der Waals surface area contributed by atoms with Crippen molar-refractivity contribution in [2.24, 2.45) is 5.92 Å². The molecule has 0 aromatic carbocycles. The van der Waals surface area contributed by atoms with Crippen molar-refractivity contribution in [3.05, 3.63) is 18.0 Å². The van der Waals surface area contributed by atoms with E-state index in [1.54, 1.807) is 0 Å². The Kier molecular flexibility index (Phi) is 5.44. The van der Waals surface area contributed by atoms with Crippen LogP contribution >= 0.6 is 0 Å². The minimum absolute atomic E-state index is 0.557. The monoisotopic (exact) mass is 263 g/mol. The molecule has 0 bridgehead atoms. The summed E-state index contributed by atoms with van der Waals surface area (Å²) in [5, 5.41) is 8.42. The van der Waals surface area contributed by atoms with Crippen LogP contribution in [0.25, 0.3) is 0 Å². The van der Waals surface area contributed by atoms with Gasteiger partial charge in [-0.15, -0.1) is 0 Å². The van der Waals surface area contributed by atoms with Gasteiger partial charge in [0.05, 0.1) is 11.7 Å².